The number of nitrogens with one attached hydrogen (secondary N) is 1. The summed E-state index contributed by atoms with van der Waals surface area (Å²) in [6.07, 6.45) is 0. The number of rotatable bonds is 2. The zero-order valence-corrected chi connectivity index (χ0v) is 8.73. The lowest BCUT2D eigenvalue weighted by molar-refractivity contribution is 0.217. The smallest absolute Gasteiger partial charge is 0.317 e. The van der Waals surface area contributed by atoms with Crippen molar-refractivity contribution in [1.29, 1.82) is 0 Å². The zero-order valence-electron chi connectivity index (χ0n) is 8.73. The second-order valence-electron chi connectivity index (χ2n) is 3.76. The SMILES string of the molecule is CN1C(=O)NCC1c1ccc(CN)cc1. The molecule has 2 rings (SSSR count). The van der Waals surface area contributed by atoms with E-state index in [1.807, 2.05) is 31.3 Å². The summed E-state index contributed by atoms with van der Waals surface area (Å²) in [5.41, 5.74) is 7.78. The molecule has 0 aliphatic carbocycles. The summed E-state index contributed by atoms with van der Waals surface area (Å²) in [5.74, 6) is 0. The molecule has 1 heterocycles. The van der Waals surface area contributed by atoms with Crippen LogP contribution in [0.25, 0.3) is 0 Å². The lowest BCUT2D eigenvalue weighted by atomic mass is 10.0. The number of urea groups is 1. The van der Waals surface area contributed by atoms with Crippen molar-refractivity contribution in [2.24, 2.45) is 5.73 Å². The first-order chi connectivity index (χ1) is 7.22. The van der Waals surface area contributed by atoms with E-state index in [9.17, 15) is 4.79 Å². The molecule has 1 aliphatic heterocycles. The average molecular weight is 205 g/mol. The molecule has 1 unspecified atom stereocenters. The minimum Gasteiger partial charge on any atom is -0.336 e. The number of hydrogen-bond donors (Lipinski definition) is 2. The molecule has 0 spiro atoms. The van der Waals surface area contributed by atoms with Gasteiger partial charge in [-0.2, -0.15) is 0 Å². The lowest BCUT2D eigenvalue weighted by Crippen LogP contribution is -2.25. The Morgan fingerprint density at radius 3 is 2.60 bits per heavy atom. The molecule has 0 aromatic heterocycles. The molecule has 15 heavy (non-hydrogen) atoms. The van der Waals surface area contributed by atoms with E-state index in [1.165, 1.54) is 0 Å². The predicted molar refractivity (Wildman–Crippen MR) is 58.2 cm³/mol. The highest BCUT2D eigenvalue weighted by molar-refractivity contribution is 5.76. The van der Waals surface area contributed by atoms with Gasteiger partial charge >= 0.3 is 6.03 Å². The van der Waals surface area contributed by atoms with Crippen molar-refractivity contribution in [3.8, 4) is 0 Å². The number of hydrogen-bond acceptors (Lipinski definition) is 2. The summed E-state index contributed by atoms with van der Waals surface area (Å²) in [6.45, 7) is 1.23. The van der Waals surface area contributed by atoms with Crippen LogP contribution in [0.3, 0.4) is 0 Å². The van der Waals surface area contributed by atoms with E-state index in [1.54, 1.807) is 4.90 Å². The molecule has 1 aromatic rings. The van der Waals surface area contributed by atoms with Gasteiger partial charge in [0.2, 0.25) is 0 Å². The maximum Gasteiger partial charge on any atom is 0.317 e. The molecule has 1 aromatic carbocycles. The molecule has 2 amide bonds. The summed E-state index contributed by atoms with van der Waals surface area (Å²) in [7, 11) is 1.81. The highest BCUT2D eigenvalue weighted by Crippen LogP contribution is 2.22. The third-order valence-corrected chi connectivity index (χ3v) is 2.83. The number of benzene rings is 1. The van der Waals surface area contributed by atoms with Crippen molar-refractivity contribution in [2.75, 3.05) is 13.6 Å². The molecule has 0 radical (unpaired) electrons. The molecule has 1 saturated heterocycles. The number of nitrogens with zero attached hydrogens (tertiary/aromatic N) is 1. The van der Waals surface area contributed by atoms with Gasteiger partial charge in [-0.25, -0.2) is 4.79 Å². The molecule has 1 fully saturated rings. The number of amides is 2. The summed E-state index contributed by atoms with van der Waals surface area (Å²) in [6, 6.07) is 8.21. The molecule has 0 bridgehead atoms. The second kappa shape index (κ2) is 3.90. The van der Waals surface area contributed by atoms with Gasteiger partial charge in [0, 0.05) is 20.1 Å². The zero-order chi connectivity index (χ0) is 10.8. The summed E-state index contributed by atoms with van der Waals surface area (Å²) in [5, 5.41) is 2.81. The number of carbonyl (C=O) groups is 1. The average Bonchev–Trinajstić information content (AvgIpc) is 2.60. The van der Waals surface area contributed by atoms with Gasteiger partial charge in [0.15, 0.2) is 0 Å². The van der Waals surface area contributed by atoms with Gasteiger partial charge < -0.3 is 16.0 Å². The van der Waals surface area contributed by atoms with Crippen molar-refractivity contribution in [1.82, 2.24) is 10.2 Å². The van der Waals surface area contributed by atoms with E-state index >= 15 is 0 Å². The van der Waals surface area contributed by atoms with Crippen molar-refractivity contribution in [3.05, 3.63) is 35.4 Å². The quantitative estimate of drug-likeness (QED) is 0.751. The summed E-state index contributed by atoms with van der Waals surface area (Å²) in [4.78, 5) is 13.0. The largest absolute Gasteiger partial charge is 0.336 e. The Labute approximate surface area is 89.1 Å². The van der Waals surface area contributed by atoms with Crippen LogP contribution in [0.15, 0.2) is 24.3 Å². The molecule has 80 valence electrons. The molecule has 1 aliphatic rings. The van der Waals surface area contributed by atoms with Crippen LogP contribution in [0.1, 0.15) is 17.2 Å². The third-order valence-electron chi connectivity index (χ3n) is 2.83. The monoisotopic (exact) mass is 205 g/mol. The number of nitrogens with two attached hydrogens (primary N) is 1. The minimum absolute atomic E-state index is 0.0112. The van der Waals surface area contributed by atoms with Crippen LogP contribution in [0, 0.1) is 0 Å². The first-order valence-corrected chi connectivity index (χ1v) is 5.02. The Morgan fingerprint density at radius 1 is 1.47 bits per heavy atom. The Kier molecular flexibility index (Phi) is 2.60. The Balaban J connectivity index is 2.19. The lowest BCUT2D eigenvalue weighted by Gasteiger charge is -2.18. The second-order valence-corrected chi connectivity index (χ2v) is 3.76. The van der Waals surface area contributed by atoms with Gasteiger partial charge in [-0.1, -0.05) is 24.3 Å². The predicted octanol–water partition coefficient (Wildman–Crippen LogP) is 0.841. The van der Waals surface area contributed by atoms with E-state index in [0.29, 0.717) is 13.1 Å². The molecule has 1 atom stereocenters. The van der Waals surface area contributed by atoms with Crippen LogP contribution >= 0.6 is 0 Å². The summed E-state index contributed by atoms with van der Waals surface area (Å²) >= 11 is 0. The topological polar surface area (TPSA) is 58.4 Å². The number of likely N-dealkylation sites (N-methyl/N-ethyl adjacent to an activating group) is 1. The Hall–Kier alpha value is -1.55. The van der Waals surface area contributed by atoms with E-state index < -0.39 is 0 Å². The fourth-order valence-electron chi connectivity index (χ4n) is 1.80. The van der Waals surface area contributed by atoms with Crippen molar-refractivity contribution >= 4 is 6.03 Å². The van der Waals surface area contributed by atoms with Gasteiger partial charge in [-0.05, 0) is 11.1 Å². The minimum atomic E-state index is -0.0112. The highest BCUT2D eigenvalue weighted by atomic mass is 16.2. The molecular formula is C11H15N3O. The van der Waals surface area contributed by atoms with Crippen LogP contribution in [-0.2, 0) is 6.54 Å². The maximum absolute atomic E-state index is 11.3. The highest BCUT2D eigenvalue weighted by Gasteiger charge is 2.27. The van der Waals surface area contributed by atoms with Crippen molar-refractivity contribution in [3.63, 3.8) is 0 Å². The van der Waals surface area contributed by atoms with E-state index in [2.05, 4.69) is 5.32 Å². The normalized spacial score (nSPS) is 20.5. The molecule has 0 saturated carbocycles. The van der Waals surface area contributed by atoms with Crippen LogP contribution in [0.4, 0.5) is 4.79 Å². The standard InChI is InChI=1S/C11H15N3O/c1-14-10(7-13-11(14)15)9-4-2-8(6-12)3-5-9/h2-5,10H,6-7,12H2,1H3,(H,13,15). The number of carbonyl (C=O) groups excluding carboxylic acids is 1. The van der Waals surface area contributed by atoms with E-state index in [4.69, 9.17) is 5.73 Å². The van der Waals surface area contributed by atoms with Gasteiger partial charge in [-0.15, -0.1) is 0 Å². The van der Waals surface area contributed by atoms with Crippen molar-refractivity contribution < 1.29 is 4.79 Å². The first-order valence-electron chi connectivity index (χ1n) is 5.02. The van der Waals surface area contributed by atoms with E-state index in [-0.39, 0.29) is 12.1 Å². The Morgan fingerprint density at radius 2 is 2.13 bits per heavy atom. The third kappa shape index (κ3) is 1.80. The Bertz CT molecular complexity index is 361. The van der Waals surface area contributed by atoms with Crippen LogP contribution < -0.4 is 11.1 Å². The molecule has 4 nitrogen and oxygen atoms in total. The van der Waals surface area contributed by atoms with E-state index in [0.717, 1.165) is 11.1 Å². The van der Waals surface area contributed by atoms with Crippen LogP contribution in [-0.4, -0.2) is 24.5 Å². The van der Waals surface area contributed by atoms with Crippen molar-refractivity contribution in [2.45, 2.75) is 12.6 Å². The fourth-order valence-corrected chi connectivity index (χ4v) is 1.80. The molecule has 3 N–H and O–H groups in total. The first kappa shape index (κ1) is 9.98. The van der Waals surface area contributed by atoms with Crippen LogP contribution in [0.2, 0.25) is 0 Å². The van der Waals surface area contributed by atoms with Gasteiger partial charge in [0.05, 0.1) is 6.04 Å². The van der Waals surface area contributed by atoms with Gasteiger partial charge in [0.25, 0.3) is 0 Å². The summed E-state index contributed by atoms with van der Waals surface area (Å²) < 4.78 is 0. The fraction of sp³-hybridized carbons (Fsp3) is 0.364. The van der Waals surface area contributed by atoms with Gasteiger partial charge in [0.1, 0.15) is 0 Å². The maximum atomic E-state index is 11.3. The van der Waals surface area contributed by atoms with Gasteiger partial charge in [-0.3, -0.25) is 0 Å². The van der Waals surface area contributed by atoms with Crippen LogP contribution in [0.5, 0.6) is 0 Å². The molecule has 4 heteroatoms. The molecular weight excluding hydrogens is 190 g/mol.